The lowest BCUT2D eigenvalue weighted by molar-refractivity contribution is 0.0474. The van der Waals surface area contributed by atoms with Gasteiger partial charge in [-0.05, 0) is 17.5 Å². The van der Waals surface area contributed by atoms with Gasteiger partial charge in [0.2, 0.25) is 0 Å². The standard InChI is InChI=1S/C10H12ClN3O3/c1-8(2)6-13-7-9(5-12-13)17-14(3-4-15)10(11)16/h3,5,7-8H,6H2,1-2H3. The zero-order valence-corrected chi connectivity index (χ0v) is 10.2. The summed E-state index contributed by atoms with van der Waals surface area (Å²) in [5.41, 5.74) is 0. The third kappa shape index (κ3) is 4.30. The molecule has 6 nitrogen and oxygen atoms in total. The topological polar surface area (TPSA) is 64.4 Å². The molecule has 0 saturated heterocycles. The molecule has 92 valence electrons. The van der Waals surface area contributed by atoms with E-state index in [-0.39, 0.29) is 0 Å². The Labute approximate surface area is 103 Å². The number of nitrogens with zero attached hydrogens (tertiary/aromatic N) is 3. The molecule has 0 saturated carbocycles. The average molecular weight is 258 g/mol. The van der Waals surface area contributed by atoms with Crippen molar-refractivity contribution in [2.75, 3.05) is 0 Å². The van der Waals surface area contributed by atoms with E-state index in [1.54, 1.807) is 10.9 Å². The number of aromatic nitrogens is 2. The molecule has 0 aromatic carbocycles. The second-order valence-corrected chi connectivity index (χ2v) is 4.03. The number of amides is 1. The van der Waals surface area contributed by atoms with Crippen molar-refractivity contribution < 1.29 is 14.4 Å². The number of hydrogen-bond donors (Lipinski definition) is 0. The van der Waals surface area contributed by atoms with E-state index < -0.39 is 5.37 Å². The Hall–Kier alpha value is -1.78. The van der Waals surface area contributed by atoms with Crippen molar-refractivity contribution in [2.45, 2.75) is 20.4 Å². The van der Waals surface area contributed by atoms with Crippen LogP contribution in [0.25, 0.3) is 0 Å². The first kappa shape index (κ1) is 13.3. The molecule has 0 N–H and O–H groups in total. The highest BCUT2D eigenvalue weighted by Gasteiger charge is 2.11. The second-order valence-electron chi connectivity index (χ2n) is 3.71. The summed E-state index contributed by atoms with van der Waals surface area (Å²) in [6.07, 6.45) is 3.79. The van der Waals surface area contributed by atoms with E-state index in [1.165, 1.54) is 12.1 Å². The number of rotatable bonds is 5. The molecule has 1 heterocycles. The number of hydroxylamine groups is 2. The van der Waals surface area contributed by atoms with E-state index in [0.29, 0.717) is 16.7 Å². The fraction of sp³-hybridized carbons (Fsp3) is 0.400. The Kier molecular flexibility index (Phi) is 4.75. The van der Waals surface area contributed by atoms with Gasteiger partial charge in [-0.3, -0.25) is 9.48 Å². The van der Waals surface area contributed by atoms with Crippen LogP contribution in [0.3, 0.4) is 0 Å². The largest absolute Gasteiger partial charge is 0.367 e. The van der Waals surface area contributed by atoms with Gasteiger partial charge in [-0.1, -0.05) is 13.8 Å². The molecule has 0 atom stereocenters. The van der Waals surface area contributed by atoms with Gasteiger partial charge < -0.3 is 4.84 Å². The molecule has 7 heteroatoms. The molecule has 0 fully saturated rings. The van der Waals surface area contributed by atoms with Crippen molar-refractivity contribution in [1.29, 1.82) is 0 Å². The fourth-order valence-corrected chi connectivity index (χ4v) is 1.22. The van der Waals surface area contributed by atoms with E-state index in [9.17, 15) is 9.59 Å². The van der Waals surface area contributed by atoms with Crippen molar-refractivity contribution >= 4 is 22.9 Å². The van der Waals surface area contributed by atoms with E-state index >= 15 is 0 Å². The zero-order chi connectivity index (χ0) is 12.8. The van der Waals surface area contributed by atoms with Crippen LogP contribution in [0, 0.1) is 5.92 Å². The summed E-state index contributed by atoms with van der Waals surface area (Å²) < 4.78 is 1.67. The quantitative estimate of drug-likeness (QED) is 0.349. The monoisotopic (exact) mass is 257 g/mol. The Balaban J connectivity index is 2.70. The molecular weight excluding hydrogens is 246 g/mol. The number of carbonyl (C=O) groups is 1. The van der Waals surface area contributed by atoms with Crippen LogP contribution in [0.15, 0.2) is 18.6 Å². The molecule has 0 bridgehead atoms. The highest BCUT2D eigenvalue weighted by molar-refractivity contribution is 6.62. The molecule has 0 aliphatic carbocycles. The summed E-state index contributed by atoms with van der Waals surface area (Å²) in [6.45, 7) is 4.82. The van der Waals surface area contributed by atoms with E-state index in [0.717, 1.165) is 12.7 Å². The molecule has 0 unspecified atom stereocenters. The van der Waals surface area contributed by atoms with Crippen molar-refractivity contribution in [2.24, 2.45) is 5.92 Å². The molecule has 1 rings (SSSR count). The van der Waals surface area contributed by atoms with Gasteiger partial charge in [0.25, 0.3) is 0 Å². The van der Waals surface area contributed by atoms with Crippen molar-refractivity contribution in [1.82, 2.24) is 14.8 Å². The SMILES string of the molecule is CC(C)Cn1cc(ON(C=C=O)C(=O)Cl)cn1. The molecule has 0 spiro atoms. The minimum Gasteiger partial charge on any atom is -0.367 e. The molecule has 1 aromatic rings. The molecule has 0 radical (unpaired) electrons. The fourth-order valence-electron chi connectivity index (χ4n) is 1.14. The normalized spacial score (nSPS) is 9.88. The highest BCUT2D eigenvalue weighted by atomic mass is 35.5. The first-order chi connectivity index (χ1) is 8.02. The Morgan fingerprint density at radius 3 is 3.00 bits per heavy atom. The minimum absolute atomic E-state index is 0.311. The third-order valence-electron chi connectivity index (χ3n) is 1.71. The summed E-state index contributed by atoms with van der Waals surface area (Å²) in [5.74, 6) is 2.15. The lowest BCUT2D eigenvalue weighted by Gasteiger charge is -2.11. The van der Waals surface area contributed by atoms with Crippen LogP contribution < -0.4 is 4.84 Å². The molecule has 0 aliphatic rings. The summed E-state index contributed by atoms with van der Waals surface area (Å²) in [4.78, 5) is 26.0. The molecular formula is C10H12ClN3O3. The zero-order valence-electron chi connectivity index (χ0n) is 9.46. The van der Waals surface area contributed by atoms with E-state index in [2.05, 4.69) is 5.10 Å². The summed E-state index contributed by atoms with van der Waals surface area (Å²) in [5, 5.41) is 3.66. The first-order valence-corrected chi connectivity index (χ1v) is 5.31. The lowest BCUT2D eigenvalue weighted by Crippen LogP contribution is -2.23. The predicted molar refractivity (Wildman–Crippen MR) is 61.0 cm³/mol. The second kappa shape index (κ2) is 6.08. The van der Waals surface area contributed by atoms with E-state index in [4.69, 9.17) is 16.4 Å². The summed E-state index contributed by atoms with van der Waals surface area (Å²) in [7, 11) is 0. The predicted octanol–water partition coefficient (Wildman–Crippen LogP) is 1.84. The molecule has 0 aliphatic heterocycles. The van der Waals surface area contributed by atoms with Crippen LogP contribution >= 0.6 is 11.6 Å². The van der Waals surface area contributed by atoms with Gasteiger partial charge in [0.15, 0.2) is 5.75 Å². The maximum atomic E-state index is 10.9. The van der Waals surface area contributed by atoms with Crippen LogP contribution in [0.5, 0.6) is 5.75 Å². The van der Waals surface area contributed by atoms with Crippen LogP contribution in [0.1, 0.15) is 13.8 Å². The molecule has 1 aromatic heterocycles. The van der Waals surface area contributed by atoms with E-state index in [1.807, 2.05) is 13.8 Å². The van der Waals surface area contributed by atoms with Gasteiger partial charge in [0, 0.05) is 6.54 Å². The average Bonchev–Trinajstić information content (AvgIpc) is 2.63. The summed E-state index contributed by atoms with van der Waals surface area (Å²) >= 11 is 5.19. The first-order valence-electron chi connectivity index (χ1n) is 4.93. The van der Waals surface area contributed by atoms with Crippen LogP contribution in [-0.2, 0) is 11.3 Å². The van der Waals surface area contributed by atoms with Gasteiger partial charge in [0.1, 0.15) is 12.1 Å². The minimum atomic E-state index is -0.940. The Bertz CT molecular complexity index is 436. The van der Waals surface area contributed by atoms with Gasteiger partial charge in [-0.15, -0.1) is 5.06 Å². The van der Waals surface area contributed by atoms with Crippen molar-refractivity contribution in [3.8, 4) is 5.75 Å². The van der Waals surface area contributed by atoms with Gasteiger partial charge >= 0.3 is 5.37 Å². The van der Waals surface area contributed by atoms with Crippen LogP contribution in [0.2, 0.25) is 0 Å². The molecule has 1 amide bonds. The highest BCUT2D eigenvalue weighted by Crippen LogP contribution is 2.12. The van der Waals surface area contributed by atoms with Gasteiger partial charge in [0.05, 0.1) is 12.4 Å². The maximum Gasteiger partial charge on any atom is 0.354 e. The summed E-state index contributed by atoms with van der Waals surface area (Å²) in [6, 6.07) is 0. The Morgan fingerprint density at radius 1 is 1.76 bits per heavy atom. The Morgan fingerprint density at radius 2 is 2.47 bits per heavy atom. The smallest absolute Gasteiger partial charge is 0.354 e. The van der Waals surface area contributed by atoms with Crippen LogP contribution in [0.4, 0.5) is 4.79 Å². The number of halogens is 1. The lowest BCUT2D eigenvalue weighted by atomic mass is 10.2. The third-order valence-corrected chi connectivity index (χ3v) is 1.88. The number of carbonyl (C=O) groups excluding carboxylic acids is 2. The van der Waals surface area contributed by atoms with Gasteiger partial charge in [-0.2, -0.15) is 5.10 Å². The van der Waals surface area contributed by atoms with Crippen molar-refractivity contribution in [3.63, 3.8) is 0 Å². The van der Waals surface area contributed by atoms with Gasteiger partial charge in [-0.25, -0.2) is 4.79 Å². The number of hydrogen-bond acceptors (Lipinski definition) is 4. The van der Waals surface area contributed by atoms with Crippen LogP contribution in [-0.4, -0.2) is 26.2 Å². The maximum absolute atomic E-state index is 10.9. The molecule has 17 heavy (non-hydrogen) atoms. The van der Waals surface area contributed by atoms with Crippen molar-refractivity contribution in [3.05, 3.63) is 18.6 Å².